The van der Waals surface area contributed by atoms with Crippen molar-refractivity contribution in [3.8, 4) is 0 Å². The summed E-state index contributed by atoms with van der Waals surface area (Å²) in [6.45, 7) is 5.24. The number of carboxylic acid groups (broad SMARTS) is 1. The Bertz CT molecular complexity index is 397. The Balaban J connectivity index is 1.76. The molecule has 100 valence electrons. The topological polar surface area (TPSA) is 69.8 Å². The summed E-state index contributed by atoms with van der Waals surface area (Å²) < 4.78 is 5.27. The predicted octanol–water partition coefficient (Wildman–Crippen LogP) is 0.0916. The molecule has 0 atom stereocenters. The fourth-order valence-corrected chi connectivity index (χ4v) is 2.03. The molecule has 0 saturated carbocycles. The maximum Gasteiger partial charge on any atom is 0.309 e. The Morgan fingerprint density at radius 3 is 2.83 bits per heavy atom. The number of carboxylic acids is 1. The van der Waals surface area contributed by atoms with Crippen molar-refractivity contribution in [1.29, 1.82) is 0 Å². The Morgan fingerprint density at radius 1 is 1.44 bits per heavy atom. The van der Waals surface area contributed by atoms with Gasteiger partial charge in [0.15, 0.2) is 5.89 Å². The van der Waals surface area contributed by atoms with Crippen molar-refractivity contribution in [2.75, 3.05) is 39.8 Å². The van der Waals surface area contributed by atoms with Gasteiger partial charge in [0.25, 0.3) is 0 Å². The number of aliphatic carboxylic acids is 1. The summed E-state index contributed by atoms with van der Waals surface area (Å²) in [5.41, 5.74) is 0.496. The molecule has 0 aliphatic carbocycles. The second kappa shape index (κ2) is 5.97. The van der Waals surface area contributed by atoms with Gasteiger partial charge in [0.1, 0.15) is 6.26 Å². The third-order valence-electron chi connectivity index (χ3n) is 3.17. The molecular weight excluding hydrogens is 234 g/mol. The molecule has 1 saturated heterocycles. The van der Waals surface area contributed by atoms with Crippen LogP contribution in [0.15, 0.2) is 10.7 Å². The van der Waals surface area contributed by atoms with Crippen LogP contribution in [0.5, 0.6) is 0 Å². The first-order valence-corrected chi connectivity index (χ1v) is 6.19. The van der Waals surface area contributed by atoms with Crippen LogP contribution in [0.25, 0.3) is 0 Å². The molecule has 0 aromatic carbocycles. The lowest BCUT2D eigenvalue weighted by Gasteiger charge is -2.31. The zero-order chi connectivity index (χ0) is 13.0. The van der Waals surface area contributed by atoms with Crippen molar-refractivity contribution in [3.05, 3.63) is 17.8 Å². The minimum atomic E-state index is -0.881. The summed E-state index contributed by atoms with van der Waals surface area (Å²) in [5, 5.41) is 8.64. The van der Waals surface area contributed by atoms with Gasteiger partial charge in [0.2, 0.25) is 0 Å². The van der Waals surface area contributed by atoms with E-state index in [4.69, 9.17) is 9.52 Å². The minimum absolute atomic E-state index is 0.0714. The van der Waals surface area contributed by atoms with E-state index in [1.807, 2.05) is 0 Å². The number of nitrogens with zero attached hydrogens (tertiary/aromatic N) is 3. The van der Waals surface area contributed by atoms with E-state index in [1.54, 1.807) is 0 Å². The molecule has 0 unspecified atom stereocenters. The molecular formula is C12H19N3O3. The fourth-order valence-electron chi connectivity index (χ4n) is 2.03. The lowest BCUT2D eigenvalue weighted by atomic mass is 10.3. The Kier molecular flexibility index (Phi) is 4.33. The van der Waals surface area contributed by atoms with Crippen LogP contribution in [-0.4, -0.2) is 65.6 Å². The normalized spacial score (nSPS) is 18.1. The Labute approximate surface area is 106 Å². The third-order valence-corrected chi connectivity index (χ3v) is 3.17. The molecule has 2 rings (SSSR count). The van der Waals surface area contributed by atoms with Crippen molar-refractivity contribution in [2.24, 2.45) is 0 Å². The minimum Gasteiger partial charge on any atom is -0.481 e. The molecule has 1 N–H and O–H groups in total. The summed E-state index contributed by atoms with van der Waals surface area (Å²) in [7, 11) is 2.13. The van der Waals surface area contributed by atoms with Gasteiger partial charge in [-0.2, -0.15) is 0 Å². The van der Waals surface area contributed by atoms with E-state index in [2.05, 4.69) is 21.8 Å². The van der Waals surface area contributed by atoms with Gasteiger partial charge in [-0.15, -0.1) is 0 Å². The van der Waals surface area contributed by atoms with E-state index >= 15 is 0 Å². The molecule has 6 heteroatoms. The number of piperazine rings is 1. The molecule has 1 aliphatic rings. The van der Waals surface area contributed by atoms with E-state index in [9.17, 15) is 4.79 Å². The van der Waals surface area contributed by atoms with Gasteiger partial charge in [-0.25, -0.2) is 4.98 Å². The van der Waals surface area contributed by atoms with E-state index in [0.717, 1.165) is 39.1 Å². The lowest BCUT2D eigenvalue weighted by molar-refractivity contribution is -0.136. The molecule has 1 fully saturated rings. The van der Waals surface area contributed by atoms with Crippen LogP contribution in [0.4, 0.5) is 0 Å². The van der Waals surface area contributed by atoms with Crippen LogP contribution in [-0.2, 0) is 17.6 Å². The Hall–Kier alpha value is -1.40. The SMILES string of the molecule is CN1CCN(CCc2nc(CC(=O)O)co2)CC1. The van der Waals surface area contributed by atoms with Crippen LogP contribution in [0, 0.1) is 0 Å². The van der Waals surface area contributed by atoms with Gasteiger partial charge in [0, 0.05) is 39.1 Å². The summed E-state index contributed by atoms with van der Waals surface area (Å²) in [4.78, 5) is 19.4. The summed E-state index contributed by atoms with van der Waals surface area (Å²) >= 11 is 0. The second-order valence-electron chi connectivity index (χ2n) is 4.70. The van der Waals surface area contributed by atoms with Gasteiger partial charge < -0.3 is 19.3 Å². The average Bonchev–Trinajstić information content (AvgIpc) is 2.75. The Morgan fingerprint density at radius 2 is 2.17 bits per heavy atom. The summed E-state index contributed by atoms with van der Waals surface area (Å²) in [5.74, 6) is -0.251. The third kappa shape index (κ3) is 3.82. The van der Waals surface area contributed by atoms with Gasteiger partial charge >= 0.3 is 5.97 Å². The zero-order valence-corrected chi connectivity index (χ0v) is 10.6. The standard InChI is InChI=1S/C12H19N3O3/c1-14-4-6-15(7-5-14)3-2-11-13-10(9-18-11)8-12(16)17/h9H,2-8H2,1H3,(H,16,17). The highest BCUT2D eigenvalue weighted by molar-refractivity contribution is 5.69. The van der Waals surface area contributed by atoms with Crippen molar-refractivity contribution in [1.82, 2.24) is 14.8 Å². The zero-order valence-electron chi connectivity index (χ0n) is 10.6. The fraction of sp³-hybridized carbons (Fsp3) is 0.667. The van der Waals surface area contributed by atoms with Crippen LogP contribution in [0.1, 0.15) is 11.6 Å². The molecule has 0 bridgehead atoms. The lowest BCUT2D eigenvalue weighted by Crippen LogP contribution is -2.45. The smallest absolute Gasteiger partial charge is 0.309 e. The first-order valence-electron chi connectivity index (χ1n) is 6.19. The number of oxazole rings is 1. The molecule has 0 amide bonds. The molecule has 6 nitrogen and oxygen atoms in total. The quantitative estimate of drug-likeness (QED) is 0.802. The maximum absolute atomic E-state index is 10.5. The number of hydrogen-bond donors (Lipinski definition) is 1. The second-order valence-corrected chi connectivity index (χ2v) is 4.70. The molecule has 1 aromatic rings. The highest BCUT2D eigenvalue weighted by Crippen LogP contribution is 2.06. The number of likely N-dealkylation sites (N-methyl/N-ethyl adjacent to an activating group) is 1. The largest absolute Gasteiger partial charge is 0.481 e. The molecule has 1 aliphatic heterocycles. The van der Waals surface area contributed by atoms with Gasteiger partial charge in [-0.3, -0.25) is 4.79 Å². The molecule has 1 aromatic heterocycles. The predicted molar refractivity (Wildman–Crippen MR) is 65.5 cm³/mol. The van der Waals surface area contributed by atoms with Crippen molar-refractivity contribution < 1.29 is 14.3 Å². The maximum atomic E-state index is 10.5. The number of carbonyl (C=O) groups is 1. The number of rotatable bonds is 5. The van der Waals surface area contributed by atoms with Crippen LogP contribution in [0.3, 0.4) is 0 Å². The van der Waals surface area contributed by atoms with Crippen LogP contribution < -0.4 is 0 Å². The van der Waals surface area contributed by atoms with E-state index < -0.39 is 5.97 Å². The van der Waals surface area contributed by atoms with Crippen molar-refractivity contribution in [3.63, 3.8) is 0 Å². The van der Waals surface area contributed by atoms with Gasteiger partial charge in [-0.05, 0) is 7.05 Å². The van der Waals surface area contributed by atoms with E-state index in [1.165, 1.54) is 6.26 Å². The number of hydrogen-bond acceptors (Lipinski definition) is 5. The molecule has 2 heterocycles. The highest BCUT2D eigenvalue weighted by atomic mass is 16.4. The highest BCUT2D eigenvalue weighted by Gasteiger charge is 2.14. The summed E-state index contributed by atoms with van der Waals surface area (Å²) in [6.07, 6.45) is 2.11. The van der Waals surface area contributed by atoms with Crippen molar-refractivity contribution in [2.45, 2.75) is 12.8 Å². The van der Waals surface area contributed by atoms with E-state index in [-0.39, 0.29) is 6.42 Å². The van der Waals surface area contributed by atoms with Gasteiger partial charge in [0.05, 0.1) is 12.1 Å². The first-order chi connectivity index (χ1) is 8.63. The van der Waals surface area contributed by atoms with Crippen molar-refractivity contribution >= 4 is 5.97 Å². The van der Waals surface area contributed by atoms with E-state index in [0.29, 0.717) is 11.6 Å². The van der Waals surface area contributed by atoms with Crippen LogP contribution in [0.2, 0.25) is 0 Å². The monoisotopic (exact) mass is 253 g/mol. The molecule has 18 heavy (non-hydrogen) atoms. The van der Waals surface area contributed by atoms with Gasteiger partial charge in [-0.1, -0.05) is 0 Å². The first kappa shape index (κ1) is 13.0. The molecule has 0 spiro atoms. The average molecular weight is 253 g/mol. The number of aromatic nitrogens is 1. The summed E-state index contributed by atoms with van der Waals surface area (Å²) in [6, 6.07) is 0. The van der Waals surface area contributed by atoms with Crippen LogP contribution >= 0.6 is 0 Å². The molecule has 0 radical (unpaired) electrons.